The van der Waals surface area contributed by atoms with Crippen LogP contribution in [0.2, 0.25) is 0 Å². The van der Waals surface area contributed by atoms with Gasteiger partial charge in [0.15, 0.2) is 0 Å². The van der Waals surface area contributed by atoms with Gasteiger partial charge >= 0.3 is 0 Å². The summed E-state index contributed by atoms with van der Waals surface area (Å²) < 4.78 is 14.5. The van der Waals surface area contributed by atoms with Crippen LogP contribution in [0.1, 0.15) is 20.3 Å². The van der Waals surface area contributed by atoms with E-state index in [0.29, 0.717) is 18.9 Å². The van der Waals surface area contributed by atoms with Crippen LogP contribution in [0.4, 0.5) is 10.1 Å². The molecule has 1 aromatic carbocycles. The highest BCUT2D eigenvalue weighted by Gasteiger charge is 2.19. The first-order valence-electron chi connectivity index (χ1n) is 6.75. The number of rotatable bonds is 6. The lowest BCUT2D eigenvalue weighted by Gasteiger charge is -2.23. The molecule has 0 saturated carbocycles. The predicted octanol–water partition coefficient (Wildman–Crippen LogP) is 2.84. The van der Waals surface area contributed by atoms with Gasteiger partial charge in [-0.3, -0.25) is 14.6 Å². The lowest BCUT2D eigenvalue weighted by Crippen LogP contribution is -2.36. The van der Waals surface area contributed by atoms with Crippen molar-refractivity contribution >= 4 is 28.6 Å². The number of hydrogen-bond donors (Lipinski definition) is 0. The monoisotopic (exact) mass is 311 g/mol. The molecule has 2 rings (SSSR count). The number of nitrogens with zero attached hydrogens (tertiary/aromatic N) is 3. The number of carbonyl (C=O) groups is 1. The molecule has 0 aromatic heterocycles. The predicted molar refractivity (Wildman–Crippen MR) is 82.4 cm³/mol. The van der Waals surface area contributed by atoms with Gasteiger partial charge in [-0.25, -0.2) is 4.39 Å². The molecule has 0 fully saturated rings. The summed E-state index contributed by atoms with van der Waals surface area (Å²) in [5.74, 6) is -0.478. The Labute approximate surface area is 127 Å². The van der Waals surface area contributed by atoms with Gasteiger partial charge in [-0.05, 0) is 37.6 Å². The van der Waals surface area contributed by atoms with Gasteiger partial charge in [0.2, 0.25) is 0 Å². The first-order chi connectivity index (χ1) is 10.1. The van der Waals surface area contributed by atoms with E-state index in [4.69, 9.17) is 4.84 Å². The molecule has 0 spiro atoms. The molecule has 0 bridgehead atoms. The molecule has 21 heavy (non-hydrogen) atoms. The molecule has 0 N–H and O–H groups in total. The Morgan fingerprint density at radius 3 is 2.76 bits per heavy atom. The second-order valence-electron chi connectivity index (χ2n) is 4.54. The Morgan fingerprint density at radius 2 is 2.19 bits per heavy atom. The van der Waals surface area contributed by atoms with Crippen LogP contribution in [0.15, 0.2) is 29.3 Å². The molecule has 1 heterocycles. The number of halogens is 1. The van der Waals surface area contributed by atoms with Crippen LogP contribution in [-0.4, -0.2) is 35.2 Å². The van der Waals surface area contributed by atoms with Crippen molar-refractivity contribution < 1.29 is 14.0 Å². The van der Waals surface area contributed by atoms with E-state index < -0.39 is 0 Å². The maximum atomic E-state index is 13.0. The van der Waals surface area contributed by atoms with E-state index in [1.165, 1.54) is 24.1 Å². The zero-order valence-electron chi connectivity index (χ0n) is 12.1. The molecular formula is C14H18FN3O2S. The van der Waals surface area contributed by atoms with Crippen molar-refractivity contribution in [2.45, 2.75) is 20.3 Å². The molecule has 0 radical (unpaired) electrons. The molecule has 1 aliphatic heterocycles. The third-order valence-electron chi connectivity index (χ3n) is 2.86. The van der Waals surface area contributed by atoms with E-state index in [2.05, 4.69) is 4.99 Å². The summed E-state index contributed by atoms with van der Waals surface area (Å²) in [5, 5.41) is 0.909. The highest BCUT2D eigenvalue weighted by molar-refractivity contribution is 8.12. The minimum atomic E-state index is -0.319. The van der Waals surface area contributed by atoms with Crippen molar-refractivity contribution in [1.82, 2.24) is 4.47 Å². The van der Waals surface area contributed by atoms with Crippen molar-refractivity contribution in [1.29, 1.82) is 0 Å². The molecule has 1 aromatic rings. The topological polar surface area (TPSA) is 45.1 Å². The van der Waals surface area contributed by atoms with Crippen LogP contribution in [0.5, 0.6) is 0 Å². The molecule has 0 unspecified atom stereocenters. The number of hydrogen-bond acceptors (Lipinski definition) is 5. The van der Waals surface area contributed by atoms with Crippen molar-refractivity contribution in [3.05, 3.63) is 30.1 Å². The molecular weight excluding hydrogens is 293 g/mol. The van der Waals surface area contributed by atoms with E-state index in [1.54, 1.807) is 21.5 Å². The van der Waals surface area contributed by atoms with Crippen LogP contribution in [0, 0.1) is 5.82 Å². The molecule has 0 atom stereocenters. The number of carbonyl (C=O) groups excluding carboxylic acids is 1. The Hall–Kier alpha value is -1.44. The van der Waals surface area contributed by atoms with E-state index in [1.807, 2.05) is 13.8 Å². The van der Waals surface area contributed by atoms with Crippen LogP contribution < -0.4 is 4.90 Å². The van der Waals surface area contributed by atoms with Crippen molar-refractivity contribution in [2.75, 3.05) is 24.7 Å². The smallest absolute Gasteiger partial charge is 0.255 e. The van der Waals surface area contributed by atoms with E-state index in [0.717, 1.165) is 11.5 Å². The molecule has 0 aliphatic carbocycles. The van der Waals surface area contributed by atoms with Gasteiger partial charge in [0, 0.05) is 24.2 Å². The molecule has 7 heteroatoms. The van der Waals surface area contributed by atoms with Gasteiger partial charge in [-0.15, -0.1) is 4.47 Å². The maximum absolute atomic E-state index is 13.0. The highest BCUT2D eigenvalue weighted by atomic mass is 32.2. The summed E-state index contributed by atoms with van der Waals surface area (Å²) in [6, 6.07) is 5.89. The zero-order chi connectivity index (χ0) is 15.2. The standard InChI is InChI=1S/C14H18FN3O2S/c1-3-8-17(13-6-4-12(15)5-7-13)14(19)9-20-18-10-16-11(2)21-18/h4-7H,3,8-10H2,1-2H3. The largest absolute Gasteiger partial charge is 0.310 e. The minimum absolute atomic E-state index is 0.0623. The highest BCUT2D eigenvalue weighted by Crippen LogP contribution is 2.20. The normalized spacial score (nSPS) is 15.1. The van der Waals surface area contributed by atoms with Crippen LogP contribution in [0.3, 0.4) is 0 Å². The van der Waals surface area contributed by atoms with Gasteiger partial charge in [0.1, 0.15) is 19.1 Å². The summed E-state index contributed by atoms with van der Waals surface area (Å²) in [7, 11) is 0. The summed E-state index contributed by atoms with van der Waals surface area (Å²) >= 11 is 1.37. The second kappa shape index (κ2) is 7.53. The van der Waals surface area contributed by atoms with Gasteiger partial charge in [-0.1, -0.05) is 6.92 Å². The number of benzene rings is 1. The SMILES string of the molecule is CCCN(C(=O)CON1CN=C(C)S1)c1ccc(F)cc1. The number of hydroxylamine groups is 1. The fourth-order valence-corrected chi connectivity index (χ4v) is 2.51. The summed E-state index contributed by atoms with van der Waals surface area (Å²) in [6.45, 7) is 4.80. The maximum Gasteiger partial charge on any atom is 0.255 e. The van der Waals surface area contributed by atoms with Crippen molar-refractivity contribution in [3.63, 3.8) is 0 Å². The fourth-order valence-electron chi connectivity index (χ4n) is 1.88. The summed E-state index contributed by atoms with van der Waals surface area (Å²) in [5.41, 5.74) is 0.674. The van der Waals surface area contributed by atoms with E-state index >= 15 is 0 Å². The Balaban J connectivity index is 1.94. The Morgan fingerprint density at radius 1 is 1.48 bits per heavy atom. The minimum Gasteiger partial charge on any atom is -0.310 e. The van der Waals surface area contributed by atoms with Gasteiger partial charge < -0.3 is 4.90 Å². The molecule has 0 saturated heterocycles. The number of anilines is 1. The van der Waals surface area contributed by atoms with Gasteiger partial charge in [-0.2, -0.15) is 0 Å². The zero-order valence-corrected chi connectivity index (χ0v) is 12.9. The average Bonchev–Trinajstić information content (AvgIpc) is 2.89. The lowest BCUT2D eigenvalue weighted by atomic mass is 10.2. The molecule has 1 aliphatic rings. The lowest BCUT2D eigenvalue weighted by molar-refractivity contribution is -0.135. The molecule has 114 valence electrons. The fraction of sp³-hybridized carbons (Fsp3) is 0.429. The van der Waals surface area contributed by atoms with Crippen LogP contribution in [0.25, 0.3) is 0 Å². The van der Waals surface area contributed by atoms with E-state index in [-0.39, 0.29) is 18.3 Å². The van der Waals surface area contributed by atoms with Crippen molar-refractivity contribution in [3.8, 4) is 0 Å². The van der Waals surface area contributed by atoms with Gasteiger partial charge in [0.25, 0.3) is 5.91 Å². The van der Waals surface area contributed by atoms with Gasteiger partial charge in [0.05, 0.1) is 5.04 Å². The number of aliphatic imine (C=N–C) groups is 1. The first-order valence-corrected chi connectivity index (χ1v) is 7.53. The van der Waals surface area contributed by atoms with E-state index in [9.17, 15) is 9.18 Å². The quantitative estimate of drug-likeness (QED) is 0.758. The Bertz CT molecular complexity index is 521. The van der Waals surface area contributed by atoms with Crippen molar-refractivity contribution in [2.24, 2.45) is 4.99 Å². The Kier molecular flexibility index (Phi) is 5.72. The third kappa shape index (κ3) is 4.52. The number of amides is 1. The first kappa shape index (κ1) is 15.9. The average molecular weight is 311 g/mol. The molecule has 1 amide bonds. The third-order valence-corrected chi connectivity index (χ3v) is 3.68. The van der Waals surface area contributed by atoms with Crippen LogP contribution >= 0.6 is 11.9 Å². The molecule has 5 nitrogen and oxygen atoms in total. The second-order valence-corrected chi connectivity index (χ2v) is 5.72. The summed E-state index contributed by atoms with van der Waals surface area (Å²) in [4.78, 5) is 23.5. The summed E-state index contributed by atoms with van der Waals surface area (Å²) in [6.07, 6.45) is 0.809. The van der Waals surface area contributed by atoms with Crippen LogP contribution in [-0.2, 0) is 9.63 Å².